The maximum atomic E-state index is 12.8. The van der Waals surface area contributed by atoms with Crippen LogP contribution in [-0.4, -0.2) is 58.7 Å². The van der Waals surface area contributed by atoms with Crippen LogP contribution in [0.4, 0.5) is 0 Å². The van der Waals surface area contributed by atoms with Crippen LogP contribution in [0, 0.1) is 0 Å². The van der Waals surface area contributed by atoms with E-state index >= 15 is 0 Å². The maximum Gasteiger partial charge on any atom is 0.270 e. The molecular weight excluding hydrogens is 356 g/mol. The normalized spacial score (nSPS) is 15.1. The quantitative estimate of drug-likeness (QED) is 0.878. The summed E-state index contributed by atoms with van der Waals surface area (Å²) in [5, 5.41) is 2.91. The van der Waals surface area contributed by atoms with E-state index in [2.05, 4.69) is 10.3 Å². The molecule has 1 aliphatic rings. The van der Waals surface area contributed by atoms with Crippen LogP contribution in [0.1, 0.15) is 46.3 Å². The first-order chi connectivity index (χ1) is 13.5. The summed E-state index contributed by atoms with van der Waals surface area (Å²) in [7, 11) is 0. The van der Waals surface area contributed by atoms with Crippen molar-refractivity contribution in [2.45, 2.75) is 19.9 Å². The molecule has 3 rings (SSSR count). The van der Waals surface area contributed by atoms with E-state index in [1.54, 1.807) is 15.9 Å². The van der Waals surface area contributed by atoms with E-state index in [9.17, 15) is 14.4 Å². The molecule has 146 valence electrons. The van der Waals surface area contributed by atoms with E-state index in [4.69, 9.17) is 0 Å². The summed E-state index contributed by atoms with van der Waals surface area (Å²) in [4.78, 5) is 44.3. The van der Waals surface area contributed by atoms with Gasteiger partial charge in [-0.25, -0.2) is 0 Å². The van der Waals surface area contributed by atoms with E-state index in [0.717, 1.165) is 5.56 Å². The van der Waals surface area contributed by atoms with Crippen molar-refractivity contribution >= 4 is 17.7 Å². The Labute approximate surface area is 164 Å². The van der Waals surface area contributed by atoms with Crippen LogP contribution in [0.5, 0.6) is 0 Å². The number of nitrogens with zero attached hydrogens (tertiary/aromatic N) is 3. The van der Waals surface area contributed by atoms with Gasteiger partial charge in [0.15, 0.2) is 0 Å². The van der Waals surface area contributed by atoms with E-state index in [0.29, 0.717) is 31.7 Å². The molecule has 7 heteroatoms. The van der Waals surface area contributed by atoms with Crippen LogP contribution in [0.3, 0.4) is 0 Å². The van der Waals surface area contributed by atoms with E-state index < -0.39 is 0 Å². The zero-order valence-corrected chi connectivity index (χ0v) is 16.1. The third kappa shape index (κ3) is 4.54. The Morgan fingerprint density at radius 1 is 1.00 bits per heavy atom. The first kappa shape index (κ1) is 19.5. The van der Waals surface area contributed by atoms with Crippen LogP contribution >= 0.6 is 0 Å². The second-order valence-electron chi connectivity index (χ2n) is 6.83. The highest BCUT2D eigenvalue weighted by atomic mass is 16.2. The number of aromatic nitrogens is 1. The first-order valence-electron chi connectivity index (χ1n) is 9.32. The van der Waals surface area contributed by atoms with Crippen LogP contribution in [0.25, 0.3) is 0 Å². The van der Waals surface area contributed by atoms with Gasteiger partial charge in [-0.3, -0.25) is 19.4 Å². The molecule has 1 N–H and O–H groups in total. The summed E-state index contributed by atoms with van der Waals surface area (Å²) in [5.41, 5.74) is 1.62. The van der Waals surface area contributed by atoms with Gasteiger partial charge in [0.2, 0.25) is 5.91 Å². The number of hydrogen-bond acceptors (Lipinski definition) is 4. The number of benzene rings is 1. The summed E-state index contributed by atoms with van der Waals surface area (Å²) >= 11 is 0. The van der Waals surface area contributed by atoms with Gasteiger partial charge in [0.05, 0.1) is 6.04 Å². The lowest BCUT2D eigenvalue weighted by Crippen LogP contribution is -2.50. The predicted octanol–water partition coefficient (Wildman–Crippen LogP) is 1.88. The summed E-state index contributed by atoms with van der Waals surface area (Å²) in [6.07, 6.45) is 1.47. The number of hydrogen-bond donors (Lipinski definition) is 1. The topological polar surface area (TPSA) is 82.6 Å². The fraction of sp³-hybridized carbons (Fsp3) is 0.333. The van der Waals surface area contributed by atoms with E-state index in [1.165, 1.54) is 19.2 Å². The van der Waals surface area contributed by atoms with Crippen molar-refractivity contribution in [2.75, 3.05) is 26.2 Å². The molecule has 0 radical (unpaired) electrons. The number of carbonyl (C=O) groups is 3. The molecule has 1 atom stereocenters. The fourth-order valence-electron chi connectivity index (χ4n) is 3.19. The van der Waals surface area contributed by atoms with Crippen LogP contribution in [0.2, 0.25) is 0 Å². The largest absolute Gasteiger partial charge is 0.344 e. The van der Waals surface area contributed by atoms with Crippen LogP contribution in [0.15, 0.2) is 48.7 Å². The van der Waals surface area contributed by atoms with Gasteiger partial charge in [-0.2, -0.15) is 0 Å². The zero-order chi connectivity index (χ0) is 20.1. The first-order valence-corrected chi connectivity index (χ1v) is 9.32. The minimum absolute atomic E-state index is 0.0162. The second-order valence-corrected chi connectivity index (χ2v) is 6.83. The van der Waals surface area contributed by atoms with Crippen molar-refractivity contribution in [1.29, 1.82) is 0 Å². The number of amides is 3. The van der Waals surface area contributed by atoms with Gasteiger partial charge in [0.25, 0.3) is 11.8 Å². The summed E-state index contributed by atoms with van der Waals surface area (Å²) in [5.74, 6) is -0.467. The Hall–Kier alpha value is -3.22. The lowest BCUT2D eigenvalue weighted by atomic mass is 10.1. The SMILES string of the molecule is CC(=O)N1CCN(C(=O)c2ccnc(C(=O)NC(C)c3ccccc3)c2)CC1. The molecule has 1 fully saturated rings. The molecule has 1 aliphatic heterocycles. The van der Waals surface area contributed by atoms with Gasteiger partial charge in [-0.05, 0) is 24.6 Å². The molecule has 1 aromatic heterocycles. The smallest absolute Gasteiger partial charge is 0.270 e. The molecule has 0 aliphatic carbocycles. The van der Waals surface area contributed by atoms with Gasteiger partial charge in [-0.1, -0.05) is 30.3 Å². The lowest BCUT2D eigenvalue weighted by molar-refractivity contribution is -0.130. The third-order valence-electron chi connectivity index (χ3n) is 4.90. The average Bonchev–Trinajstić information content (AvgIpc) is 2.74. The molecule has 0 saturated carbocycles. The van der Waals surface area contributed by atoms with Crippen molar-refractivity contribution in [2.24, 2.45) is 0 Å². The number of rotatable bonds is 4. The standard InChI is InChI=1S/C21H24N4O3/c1-15(17-6-4-3-5-7-17)23-20(27)19-14-18(8-9-22-19)21(28)25-12-10-24(11-13-25)16(2)26/h3-9,14-15H,10-13H2,1-2H3,(H,23,27). The molecule has 1 saturated heterocycles. The number of carbonyl (C=O) groups excluding carboxylic acids is 3. The minimum atomic E-state index is -0.326. The van der Waals surface area contributed by atoms with Crippen molar-refractivity contribution in [3.05, 3.63) is 65.5 Å². The Morgan fingerprint density at radius 2 is 1.64 bits per heavy atom. The Bertz CT molecular complexity index is 861. The molecule has 28 heavy (non-hydrogen) atoms. The van der Waals surface area contributed by atoms with Gasteiger partial charge < -0.3 is 15.1 Å². The molecule has 1 aromatic carbocycles. The number of nitrogens with one attached hydrogen (secondary N) is 1. The number of pyridine rings is 1. The third-order valence-corrected chi connectivity index (χ3v) is 4.90. The predicted molar refractivity (Wildman–Crippen MR) is 105 cm³/mol. The van der Waals surface area contributed by atoms with Crippen molar-refractivity contribution in [1.82, 2.24) is 20.1 Å². The number of piperazine rings is 1. The molecular formula is C21H24N4O3. The monoisotopic (exact) mass is 380 g/mol. The Balaban J connectivity index is 1.65. The highest BCUT2D eigenvalue weighted by Crippen LogP contribution is 2.13. The van der Waals surface area contributed by atoms with Gasteiger partial charge in [0, 0.05) is 44.9 Å². The highest BCUT2D eigenvalue weighted by Gasteiger charge is 2.24. The molecule has 2 aromatic rings. The minimum Gasteiger partial charge on any atom is -0.344 e. The molecule has 3 amide bonds. The molecule has 0 spiro atoms. The van der Waals surface area contributed by atoms with Crippen LogP contribution in [-0.2, 0) is 4.79 Å². The highest BCUT2D eigenvalue weighted by molar-refractivity contribution is 5.98. The van der Waals surface area contributed by atoms with Crippen LogP contribution < -0.4 is 5.32 Å². The average molecular weight is 380 g/mol. The maximum absolute atomic E-state index is 12.8. The van der Waals surface area contributed by atoms with Crippen molar-refractivity contribution in [3.8, 4) is 0 Å². The molecule has 2 heterocycles. The van der Waals surface area contributed by atoms with Gasteiger partial charge >= 0.3 is 0 Å². The molecule has 0 bridgehead atoms. The van der Waals surface area contributed by atoms with E-state index in [1.807, 2.05) is 37.3 Å². The van der Waals surface area contributed by atoms with Gasteiger partial charge in [0.1, 0.15) is 5.69 Å². The van der Waals surface area contributed by atoms with E-state index in [-0.39, 0.29) is 29.5 Å². The zero-order valence-electron chi connectivity index (χ0n) is 16.1. The van der Waals surface area contributed by atoms with Gasteiger partial charge in [-0.15, -0.1) is 0 Å². The lowest BCUT2D eigenvalue weighted by Gasteiger charge is -2.34. The molecule has 7 nitrogen and oxygen atoms in total. The summed E-state index contributed by atoms with van der Waals surface area (Å²) in [6, 6.07) is 12.6. The Morgan fingerprint density at radius 3 is 2.29 bits per heavy atom. The van der Waals surface area contributed by atoms with Crippen molar-refractivity contribution < 1.29 is 14.4 Å². The summed E-state index contributed by atoms with van der Waals surface area (Å²) < 4.78 is 0. The van der Waals surface area contributed by atoms with Crippen molar-refractivity contribution in [3.63, 3.8) is 0 Å². The molecule has 1 unspecified atom stereocenters. The second kappa shape index (κ2) is 8.65. The Kier molecular flexibility index (Phi) is 6.03. The summed E-state index contributed by atoms with van der Waals surface area (Å²) in [6.45, 7) is 5.43. The fourth-order valence-corrected chi connectivity index (χ4v) is 3.19.